The zero-order valence-electron chi connectivity index (χ0n) is 32.2. The smallest absolute Gasteiger partial charge is 0.354 e. The summed E-state index contributed by atoms with van der Waals surface area (Å²) in [5.41, 5.74) is 16.0. The van der Waals surface area contributed by atoms with Crippen molar-refractivity contribution < 1.29 is 24.3 Å². The first-order valence-corrected chi connectivity index (χ1v) is 20.4. The Kier molecular flexibility index (Phi) is 14.5. The van der Waals surface area contributed by atoms with Gasteiger partial charge in [0.1, 0.15) is 22.8 Å². The van der Waals surface area contributed by atoms with Crippen LogP contribution in [0.25, 0.3) is 22.0 Å². The van der Waals surface area contributed by atoms with Crippen molar-refractivity contribution in [2.24, 2.45) is 11.5 Å². The molecule has 3 atom stereocenters. The molecule has 0 saturated carbocycles. The number of aromatic carboxylic acids is 1. The summed E-state index contributed by atoms with van der Waals surface area (Å²) in [7, 11) is 1.59. The van der Waals surface area contributed by atoms with E-state index in [9.17, 15) is 24.3 Å². The summed E-state index contributed by atoms with van der Waals surface area (Å²) < 4.78 is 0. The van der Waals surface area contributed by atoms with Crippen LogP contribution in [0.4, 0.5) is 0 Å². The van der Waals surface area contributed by atoms with Gasteiger partial charge in [0.2, 0.25) is 17.7 Å². The summed E-state index contributed by atoms with van der Waals surface area (Å²) >= 11 is 8.30. The second kappa shape index (κ2) is 19.9. The molecule has 3 amide bonds. The number of pyridine rings is 2. The highest BCUT2D eigenvalue weighted by atomic mass is 35.5. The van der Waals surface area contributed by atoms with Gasteiger partial charge in [-0.05, 0) is 91.7 Å². The molecule has 5 aromatic rings. The molecule has 9 N–H and O–H groups in total. The number of benzene rings is 2. The zero-order valence-corrected chi connectivity index (χ0v) is 33.7. The molecule has 58 heavy (non-hydrogen) atoms. The highest BCUT2D eigenvalue weighted by molar-refractivity contribution is 7.99. The summed E-state index contributed by atoms with van der Waals surface area (Å²) in [6.45, 7) is 1.05. The van der Waals surface area contributed by atoms with Gasteiger partial charge >= 0.3 is 5.97 Å². The van der Waals surface area contributed by atoms with Crippen LogP contribution < -0.4 is 27.4 Å². The van der Waals surface area contributed by atoms with Gasteiger partial charge < -0.3 is 42.4 Å². The zero-order chi connectivity index (χ0) is 41.2. The standard InChI is InChI=1S/C42H48ClN9O5S/c1-52-36(20-27-23-47-32-10-3-2-9-29(27)32)39(54)50-24-30-28(25-13-16-35(42(56)57)49-21-25)14-15-31(43)37(30)58-40-26(8-7-19-46-40)22-48-33(12-6-18-45)38(53)51-34(41(52)55)11-4-5-17-44/h2-3,7-10,13-16,19,21,23,33-34,36,47-48H,4-6,11-12,17-18,20,22,24,44-45H2,1H3,(H,50,54)(H,51,53)(H,56,57)/t33-,34-,36-/m0/s1. The first kappa shape index (κ1) is 42.3. The van der Waals surface area contributed by atoms with E-state index in [0.717, 1.165) is 22.0 Å². The third-order valence-corrected chi connectivity index (χ3v) is 12.0. The number of aromatic amines is 1. The number of nitrogens with two attached hydrogens (primary N) is 2. The topological polar surface area (TPSA) is 221 Å². The number of para-hydroxylation sites is 1. The lowest BCUT2D eigenvalue weighted by Crippen LogP contribution is -2.57. The fourth-order valence-corrected chi connectivity index (χ4v) is 8.43. The number of likely N-dealkylation sites (N-methyl/N-ethyl adjacent to an activating group) is 1. The number of amides is 3. The number of unbranched alkanes of at least 4 members (excludes halogenated alkanes) is 1. The van der Waals surface area contributed by atoms with Gasteiger partial charge in [-0.25, -0.2) is 14.8 Å². The summed E-state index contributed by atoms with van der Waals surface area (Å²) in [4.78, 5) is 69.2. The number of rotatable bonds is 11. The molecular weight excluding hydrogens is 778 g/mol. The number of fused-ring (bicyclic) bond motifs is 3. The molecule has 0 aliphatic carbocycles. The monoisotopic (exact) mass is 825 g/mol. The largest absolute Gasteiger partial charge is 0.477 e. The van der Waals surface area contributed by atoms with E-state index in [1.807, 2.05) is 42.6 Å². The van der Waals surface area contributed by atoms with Crippen molar-refractivity contribution in [1.29, 1.82) is 0 Å². The molecule has 0 bridgehead atoms. The minimum atomic E-state index is -1.16. The molecule has 3 aromatic heterocycles. The van der Waals surface area contributed by atoms with Crippen molar-refractivity contribution in [1.82, 2.24) is 35.8 Å². The Hall–Kier alpha value is -5.32. The Balaban J connectivity index is 1.48. The molecule has 0 fully saturated rings. The van der Waals surface area contributed by atoms with Crippen molar-refractivity contribution in [2.75, 3.05) is 20.1 Å². The van der Waals surface area contributed by atoms with Gasteiger partial charge in [0.15, 0.2) is 0 Å². The number of halogens is 1. The van der Waals surface area contributed by atoms with E-state index in [1.54, 1.807) is 31.4 Å². The number of carbonyl (C=O) groups excluding carboxylic acids is 3. The van der Waals surface area contributed by atoms with Crippen LogP contribution in [-0.2, 0) is 33.9 Å². The number of carboxylic acid groups (broad SMARTS) is 1. The number of hydrogen-bond acceptors (Lipinski definition) is 10. The van der Waals surface area contributed by atoms with E-state index in [0.29, 0.717) is 76.8 Å². The van der Waals surface area contributed by atoms with Crippen LogP contribution in [0.1, 0.15) is 59.3 Å². The first-order chi connectivity index (χ1) is 28.1. The van der Waals surface area contributed by atoms with Crippen LogP contribution in [0.3, 0.4) is 0 Å². The van der Waals surface area contributed by atoms with Crippen LogP contribution >= 0.6 is 23.4 Å². The van der Waals surface area contributed by atoms with Crippen LogP contribution in [-0.4, -0.2) is 86.9 Å². The Morgan fingerprint density at radius 3 is 2.48 bits per heavy atom. The van der Waals surface area contributed by atoms with Gasteiger partial charge in [-0.1, -0.05) is 59.8 Å². The normalized spacial score (nSPS) is 18.2. The van der Waals surface area contributed by atoms with Gasteiger partial charge in [-0.3, -0.25) is 14.4 Å². The molecule has 0 spiro atoms. The molecule has 304 valence electrons. The second-order valence-corrected chi connectivity index (χ2v) is 15.6. The highest BCUT2D eigenvalue weighted by Crippen LogP contribution is 2.41. The molecule has 4 heterocycles. The first-order valence-electron chi connectivity index (χ1n) is 19.3. The fraction of sp³-hybridized carbons (Fsp3) is 0.333. The van der Waals surface area contributed by atoms with Crippen molar-refractivity contribution in [3.8, 4) is 11.1 Å². The Labute approximate surface area is 345 Å². The molecule has 16 heteroatoms. The summed E-state index contributed by atoms with van der Waals surface area (Å²) in [6.07, 6.45) is 7.70. The summed E-state index contributed by atoms with van der Waals surface area (Å²) in [6, 6.07) is 15.5. The molecule has 1 aliphatic heterocycles. The van der Waals surface area contributed by atoms with Crippen molar-refractivity contribution in [3.63, 3.8) is 0 Å². The molecule has 14 nitrogen and oxygen atoms in total. The van der Waals surface area contributed by atoms with Crippen molar-refractivity contribution in [3.05, 3.63) is 107 Å². The van der Waals surface area contributed by atoms with Crippen LogP contribution in [0, 0.1) is 0 Å². The van der Waals surface area contributed by atoms with Gasteiger partial charge in [-0.15, -0.1) is 0 Å². The van der Waals surface area contributed by atoms with E-state index in [1.165, 1.54) is 28.9 Å². The molecule has 1 aliphatic rings. The Bertz CT molecular complexity index is 2250. The van der Waals surface area contributed by atoms with Crippen LogP contribution in [0.5, 0.6) is 0 Å². The van der Waals surface area contributed by atoms with Gasteiger partial charge in [0, 0.05) is 66.5 Å². The SMILES string of the molecule is CN1C(=O)[C@H](CCCCN)NC(=O)[C@H](CCCN)NCc2cccnc2Sc2c(Cl)ccc(-c3ccc(C(=O)O)nc3)c2CNC(=O)[C@@H]1Cc1c[nH]c2ccccc12. The minimum Gasteiger partial charge on any atom is -0.477 e. The average molecular weight is 826 g/mol. The van der Waals surface area contributed by atoms with Crippen LogP contribution in [0.15, 0.2) is 89.2 Å². The molecule has 2 aromatic carbocycles. The second-order valence-electron chi connectivity index (χ2n) is 14.2. The third-order valence-electron chi connectivity index (χ3n) is 10.3. The molecule has 0 saturated heterocycles. The molecule has 6 rings (SSSR count). The molecule has 0 radical (unpaired) electrons. The number of aromatic nitrogens is 3. The molecule has 0 unspecified atom stereocenters. The number of nitrogens with zero attached hydrogens (tertiary/aromatic N) is 3. The fourth-order valence-electron chi connectivity index (χ4n) is 7.09. The van der Waals surface area contributed by atoms with Gasteiger partial charge in [0.25, 0.3) is 0 Å². The number of carboxylic acids is 1. The van der Waals surface area contributed by atoms with E-state index in [2.05, 4.69) is 25.9 Å². The van der Waals surface area contributed by atoms with Crippen molar-refractivity contribution >= 4 is 58.0 Å². The lowest BCUT2D eigenvalue weighted by atomic mass is 9.99. The number of carbonyl (C=O) groups is 4. The predicted molar refractivity (Wildman–Crippen MR) is 224 cm³/mol. The number of nitrogens with one attached hydrogen (secondary N) is 4. The maximum absolute atomic E-state index is 14.7. The summed E-state index contributed by atoms with van der Waals surface area (Å²) in [5.74, 6) is -2.35. The summed E-state index contributed by atoms with van der Waals surface area (Å²) in [5, 5.41) is 21.0. The number of H-pyrrole nitrogens is 1. The Morgan fingerprint density at radius 1 is 0.931 bits per heavy atom. The molecular formula is C42H48ClN9O5S. The van der Waals surface area contributed by atoms with Crippen LogP contribution in [0.2, 0.25) is 5.02 Å². The third kappa shape index (κ3) is 10.0. The minimum absolute atomic E-state index is 0.0115. The predicted octanol–water partition coefficient (Wildman–Crippen LogP) is 4.64. The quantitative estimate of drug-likeness (QED) is 0.0910. The van der Waals surface area contributed by atoms with Gasteiger partial charge in [0.05, 0.1) is 11.1 Å². The number of hydrogen-bond donors (Lipinski definition) is 7. The lowest BCUT2D eigenvalue weighted by molar-refractivity contribution is -0.142. The maximum atomic E-state index is 14.7. The van der Waals surface area contributed by atoms with E-state index in [4.69, 9.17) is 28.1 Å². The average Bonchev–Trinajstić information content (AvgIpc) is 3.64. The van der Waals surface area contributed by atoms with Gasteiger partial charge in [-0.2, -0.15) is 0 Å². The lowest BCUT2D eigenvalue weighted by Gasteiger charge is -2.32. The van der Waals surface area contributed by atoms with E-state index in [-0.39, 0.29) is 31.1 Å². The Morgan fingerprint density at radius 2 is 1.72 bits per heavy atom. The van der Waals surface area contributed by atoms with E-state index >= 15 is 0 Å². The van der Waals surface area contributed by atoms with Crippen molar-refractivity contribution in [2.45, 2.75) is 79.7 Å². The van der Waals surface area contributed by atoms with E-state index < -0.39 is 35.9 Å². The highest BCUT2D eigenvalue weighted by Gasteiger charge is 2.34. The maximum Gasteiger partial charge on any atom is 0.354 e.